The first kappa shape index (κ1) is 17.9. The Morgan fingerprint density at radius 2 is 1.44 bits per heavy atom. The summed E-state index contributed by atoms with van der Waals surface area (Å²) in [6.07, 6.45) is 2.02. The zero-order valence-corrected chi connectivity index (χ0v) is 17.2. The second-order valence-electron chi connectivity index (χ2n) is 7.70. The Morgan fingerprint density at radius 3 is 2.07 bits per heavy atom. The Hall–Kier alpha value is -2.45. The summed E-state index contributed by atoms with van der Waals surface area (Å²) in [5.41, 5.74) is 6.50. The number of benzene rings is 2. The predicted molar refractivity (Wildman–Crippen MR) is 119 cm³/mol. The third-order valence-electron chi connectivity index (χ3n) is 5.09. The van der Waals surface area contributed by atoms with Crippen LogP contribution < -0.4 is 0 Å². The van der Waals surface area contributed by atoms with Crippen LogP contribution in [0.1, 0.15) is 50.7 Å². The van der Waals surface area contributed by atoms with Gasteiger partial charge in [-0.3, -0.25) is 4.98 Å². The quantitative estimate of drug-likeness (QED) is 0.355. The molecule has 4 aromatic rings. The fourth-order valence-corrected chi connectivity index (χ4v) is 4.82. The van der Waals surface area contributed by atoms with Crippen LogP contribution in [-0.2, 0) is 0 Å². The van der Waals surface area contributed by atoms with Crippen LogP contribution in [0.2, 0.25) is 0 Å². The van der Waals surface area contributed by atoms with Gasteiger partial charge in [-0.1, -0.05) is 76.2 Å². The minimum Gasteiger partial charge on any atom is -0.256 e. The van der Waals surface area contributed by atoms with Gasteiger partial charge < -0.3 is 0 Å². The van der Waals surface area contributed by atoms with Crippen molar-refractivity contribution in [3.05, 3.63) is 78.0 Å². The summed E-state index contributed by atoms with van der Waals surface area (Å²) in [6, 6.07) is 21.7. The minimum atomic E-state index is 0.502. The van der Waals surface area contributed by atoms with Crippen molar-refractivity contribution >= 4 is 21.4 Å². The molecule has 27 heavy (non-hydrogen) atoms. The van der Waals surface area contributed by atoms with Crippen LogP contribution in [0.5, 0.6) is 0 Å². The fraction of sp³-hybridized carbons (Fsp3) is 0.240. The molecule has 0 aliphatic heterocycles. The van der Waals surface area contributed by atoms with Gasteiger partial charge in [0.05, 0.1) is 5.69 Å². The molecule has 0 aliphatic carbocycles. The SMILES string of the molecule is CC(C)c1cccc(C(C)C)c1-c1cc2cnc(-c3ccccc3)cc2s1. The first-order valence-electron chi connectivity index (χ1n) is 9.62. The highest BCUT2D eigenvalue weighted by molar-refractivity contribution is 7.22. The molecule has 0 radical (unpaired) electrons. The van der Waals surface area contributed by atoms with Crippen molar-refractivity contribution in [2.45, 2.75) is 39.5 Å². The lowest BCUT2D eigenvalue weighted by Crippen LogP contribution is -1.98. The van der Waals surface area contributed by atoms with Gasteiger partial charge in [-0.2, -0.15) is 0 Å². The maximum Gasteiger partial charge on any atom is 0.0716 e. The Morgan fingerprint density at radius 1 is 0.778 bits per heavy atom. The number of hydrogen-bond acceptors (Lipinski definition) is 2. The monoisotopic (exact) mass is 371 g/mol. The fourth-order valence-electron chi connectivity index (χ4n) is 3.66. The van der Waals surface area contributed by atoms with Crippen molar-refractivity contribution in [1.29, 1.82) is 0 Å². The molecule has 2 aromatic heterocycles. The van der Waals surface area contributed by atoms with Gasteiger partial charge in [-0.25, -0.2) is 0 Å². The number of fused-ring (bicyclic) bond motifs is 1. The van der Waals surface area contributed by atoms with E-state index >= 15 is 0 Å². The summed E-state index contributed by atoms with van der Waals surface area (Å²) in [6.45, 7) is 9.13. The van der Waals surface area contributed by atoms with E-state index in [4.69, 9.17) is 4.98 Å². The van der Waals surface area contributed by atoms with Crippen molar-refractivity contribution in [2.75, 3.05) is 0 Å². The molecule has 136 valence electrons. The molecule has 0 saturated heterocycles. The number of thiophene rings is 1. The average molecular weight is 372 g/mol. The average Bonchev–Trinajstić information content (AvgIpc) is 3.11. The number of pyridine rings is 1. The molecule has 0 unspecified atom stereocenters. The van der Waals surface area contributed by atoms with Crippen LogP contribution in [0.15, 0.2) is 66.9 Å². The summed E-state index contributed by atoms with van der Waals surface area (Å²) >= 11 is 1.88. The van der Waals surface area contributed by atoms with Crippen molar-refractivity contribution in [3.63, 3.8) is 0 Å². The Labute approximate surface area is 165 Å². The highest BCUT2D eigenvalue weighted by atomic mass is 32.1. The van der Waals surface area contributed by atoms with Gasteiger partial charge in [0, 0.05) is 26.7 Å². The van der Waals surface area contributed by atoms with E-state index in [1.54, 1.807) is 0 Å². The first-order chi connectivity index (χ1) is 13.0. The van der Waals surface area contributed by atoms with Crippen LogP contribution in [0.25, 0.3) is 31.8 Å². The summed E-state index contributed by atoms with van der Waals surface area (Å²) in [5.74, 6) is 1.00. The molecule has 0 spiro atoms. The molecule has 0 atom stereocenters. The smallest absolute Gasteiger partial charge is 0.0716 e. The molecule has 0 saturated carbocycles. The normalized spacial score (nSPS) is 11.6. The molecule has 4 rings (SSSR count). The van der Waals surface area contributed by atoms with Gasteiger partial charge in [0.1, 0.15) is 0 Å². The molecule has 2 heteroatoms. The topological polar surface area (TPSA) is 12.9 Å². The summed E-state index contributed by atoms with van der Waals surface area (Å²) < 4.78 is 1.30. The molecule has 2 aromatic carbocycles. The van der Waals surface area contributed by atoms with E-state index < -0.39 is 0 Å². The van der Waals surface area contributed by atoms with Crippen LogP contribution in [-0.4, -0.2) is 4.98 Å². The largest absolute Gasteiger partial charge is 0.256 e. The third-order valence-corrected chi connectivity index (χ3v) is 6.21. The zero-order valence-electron chi connectivity index (χ0n) is 16.4. The van der Waals surface area contributed by atoms with Crippen molar-refractivity contribution in [2.24, 2.45) is 0 Å². The van der Waals surface area contributed by atoms with Crippen molar-refractivity contribution in [1.82, 2.24) is 4.98 Å². The summed E-state index contributed by atoms with van der Waals surface area (Å²) in [4.78, 5) is 6.06. The van der Waals surface area contributed by atoms with Crippen LogP contribution in [0.4, 0.5) is 0 Å². The lowest BCUT2D eigenvalue weighted by molar-refractivity contribution is 0.839. The van der Waals surface area contributed by atoms with E-state index in [1.165, 1.54) is 37.2 Å². The summed E-state index contributed by atoms with van der Waals surface area (Å²) in [7, 11) is 0. The van der Waals surface area contributed by atoms with E-state index in [-0.39, 0.29) is 0 Å². The standard InChI is InChI=1S/C25H25NS/c1-16(2)20-11-8-12-21(17(3)4)25(20)24-13-19-15-26-22(14-23(19)27-24)18-9-6-5-7-10-18/h5-17H,1-4H3. The van der Waals surface area contributed by atoms with E-state index in [2.05, 4.69) is 82.3 Å². The van der Waals surface area contributed by atoms with E-state index in [9.17, 15) is 0 Å². The van der Waals surface area contributed by atoms with Crippen LogP contribution in [0.3, 0.4) is 0 Å². The van der Waals surface area contributed by atoms with Crippen molar-refractivity contribution < 1.29 is 0 Å². The van der Waals surface area contributed by atoms with Gasteiger partial charge >= 0.3 is 0 Å². The molecule has 0 bridgehead atoms. The lowest BCUT2D eigenvalue weighted by atomic mass is 9.88. The second-order valence-corrected chi connectivity index (χ2v) is 8.79. The number of aromatic nitrogens is 1. The summed E-state index contributed by atoms with van der Waals surface area (Å²) in [5, 5.41) is 1.22. The molecule has 2 heterocycles. The predicted octanol–water partition coefficient (Wildman–Crippen LogP) is 7.88. The third kappa shape index (κ3) is 3.42. The Kier molecular flexibility index (Phi) is 4.84. The molecular weight excluding hydrogens is 346 g/mol. The van der Waals surface area contributed by atoms with Gasteiger partial charge in [0.15, 0.2) is 0 Å². The molecule has 0 fully saturated rings. The number of nitrogens with zero attached hydrogens (tertiary/aromatic N) is 1. The van der Waals surface area contributed by atoms with Gasteiger partial charge in [0.25, 0.3) is 0 Å². The van der Waals surface area contributed by atoms with E-state index in [0.717, 1.165) is 5.69 Å². The van der Waals surface area contributed by atoms with Gasteiger partial charge in [-0.15, -0.1) is 11.3 Å². The molecule has 0 N–H and O–H groups in total. The Balaban J connectivity index is 1.88. The lowest BCUT2D eigenvalue weighted by Gasteiger charge is -2.18. The highest BCUT2D eigenvalue weighted by Gasteiger charge is 2.17. The van der Waals surface area contributed by atoms with E-state index in [1.807, 2.05) is 23.6 Å². The first-order valence-corrected chi connectivity index (χ1v) is 10.4. The molecule has 1 nitrogen and oxygen atoms in total. The van der Waals surface area contributed by atoms with Gasteiger partial charge in [-0.05, 0) is 40.7 Å². The molecule has 0 aliphatic rings. The van der Waals surface area contributed by atoms with Crippen LogP contribution >= 0.6 is 11.3 Å². The molecular formula is C25H25NS. The van der Waals surface area contributed by atoms with Crippen LogP contribution in [0, 0.1) is 0 Å². The maximum absolute atomic E-state index is 4.71. The minimum absolute atomic E-state index is 0.502. The highest BCUT2D eigenvalue weighted by Crippen LogP contribution is 2.42. The van der Waals surface area contributed by atoms with Gasteiger partial charge in [0.2, 0.25) is 0 Å². The molecule has 0 amide bonds. The Bertz CT molecular complexity index is 1050. The second kappa shape index (κ2) is 7.28. The van der Waals surface area contributed by atoms with E-state index in [0.29, 0.717) is 11.8 Å². The number of rotatable bonds is 4. The zero-order chi connectivity index (χ0) is 19.0. The number of hydrogen-bond donors (Lipinski definition) is 0. The van der Waals surface area contributed by atoms with Crippen molar-refractivity contribution in [3.8, 4) is 21.7 Å². The maximum atomic E-state index is 4.71.